The predicted octanol–water partition coefficient (Wildman–Crippen LogP) is 2.09. The number of aliphatic hydroxyl groups is 2. The lowest BCUT2D eigenvalue weighted by molar-refractivity contribution is 0.0222. The number of esters is 1. The lowest BCUT2D eigenvalue weighted by Crippen LogP contribution is -2.14. The molecule has 0 aliphatic rings. The zero-order chi connectivity index (χ0) is 25.3. The molecule has 1 aromatic carbocycles. The average molecular weight is 491 g/mol. The third kappa shape index (κ3) is 17.5. The second kappa shape index (κ2) is 24.2. The maximum Gasteiger partial charge on any atom is 0.338 e. The Hall–Kier alpha value is -1.95. The zero-order valence-corrected chi connectivity index (χ0v) is 20.8. The molecule has 0 saturated heterocycles. The Balaban J connectivity index is 0.00000343. The summed E-state index contributed by atoms with van der Waals surface area (Å²) in [5, 5.41) is 17.3. The summed E-state index contributed by atoms with van der Waals surface area (Å²) in [7, 11) is 0. The molecule has 0 aliphatic carbocycles. The van der Waals surface area contributed by atoms with Crippen LogP contribution in [0.5, 0.6) is 11.5 Å². The van der Waals surface area contributed by atoms with E-state index in [0.717, 1.165) is 0 Å². The monoisotopic (exact) mass is 490 g/mol. The Labute approximate surface area is 203 Å². The maximum absolute atomic E-state index is 12.0. The van der Waals surface area contributed by atoms with Crippen molar-refractivity contribution in [2.45, 2.75) is 27.2 Å². The van der Waals surface area contributed by atoms with Crippen LogP contribution in [-0.2, 0) is 23.7 Å². The van der Waals surface area contributed by atoms with Gasteiger partial charge in [0.25, 0.3) is 0 Å². The van der Waals surface area contributed by atoms with Crippen molar-refractivity contribution >= 4 is 5.97 Å². The first-order valence-corrected chi connectivity index (χ1v) is 11.7. The lowest BCUT2D eigenvalue weighted by atomic mass is 10.2. The Kier molecular flexibility index (Phi) is 22.8. The van der Waals surface area contributed by atoms with Crippen LogP contribution in [0.3, 0.4) is 0 Å². The summed E-state index contributed by atoms with van der Waals surface area (Å²) in [5.74, 6) is 0.429. The normalized spacial score (nSPS) is 10.4. The number of hydrogen-bond acceptors (Lipinski definition) is 10. The molecule has 0 amide bonds. The Morgan fingerprint density at radius 2 is 1.12 bits per heavy atom. The summed E-state index contributed by atoms with van der Waals surface area (Å²) >= 11 is 0. The third-order valence-corrected chi connectivity index (χ3v) is 3.64. The summed E-state index contributed by atoms with van der Waals surface area (Å²) in [6.07, 6.45) is 1.25. The minimum absolute atomic E-state index is 0.0176. The lowest BCUT2D eigenvalue weighted by Gasteiger charge is -2.14. The van der Waals surface area contributed by atoms with Crippen LogP contribution >= 0.6 is 0 Å². The van der Waals surface area contributed by atoms with Gasteiger partial charge in [-0.05, 0) is 25.1 Å². The molecule has 34 heavy (non-hydrogen) atoms. The van der Waals surface area contributed by atoms with Gasteiger partial charge in [0, 0.05) is 0 Å². The topological polar surface area (TPSA) is 122 Å². The maximum atomic E-state index is 12.0. The quantitative estimate of drug-likeness (QED) is 0.207. The number of benzene rings is 1. The molecule has 0 saturated carbocycles. The molecule has 198 valence electrons. The van der Waals surface area contributed by atoms with Crippen molar-refractivity contribution in [1.29, 1.82) is 0 Å². The minimum Gasteiger partial charge on any atom is -0.487 e. The molecule has 0 heterocycles. The van der Waals surface area contributed by atoms with E-state index in [9.17, 15) is 4.79 Å². The van der Waals surface area contributed by atoms with Crippen molar-refractivity contribution in [3.63, 3.8) is 0 Å². The van der Waals surface area contributed by atoms with Crippen molar-refractivity contribution < 1.29 is 48.2 Å². The van der Waals surface area contributed by atoms with Gasteiger partial charge >= 0.3 is 5.97 Å². The molecule has 0 aliphatic heterocycles. The van der Waals surface area contributed by atoms with Gasteiger partial charge in [-0.15, -0.1) is 0 Å². The summed E-state index contributed by atoms with van der Waals surface area (Å²) in [4.78, 5) is 12.0. The number of ether oxygens (including phenoxy) is 7. The van der Waals surface area contributed by atoms with E-state index in [1.807, 2.05) is 0 Å². The largest absolute Gasteiger partial charge is 0.487 e. The second-order valence-electron chi connectivity index (χ2n) is 6.68. The molecule has 0 radical (unpaired) electrons. The summed E-state index contributed by atoms with van der Waals surface area (Å²) in [5.41, 5.74) is 0.361. The van der Waals surface area contributed by atoms with Gasteiger partial charge in [-0.25, -0.2) is 4.79 Å². The van der Waals surface area contributed by atoms with Crippen LogP contribution < -0.4 is 9.47 Å². The summed E-state index contributed by atoms with van der Waals surface area (Å²) < 4.78 is 37.5. The van der Waals surface area contributed by atoms with Crippen LogP contribution in [0.1, 0.15) is 37.6 Å². The van der Waals surface area contributed by atoms with Crippen LogP contribution in [0, 0.1) is 0 Å². The zero-order valence-electron chi connectivity index (χ0n) is 20.8. The van der Waals surface area contributed by atoms with Gasteiger partial charge in [-0.1, -0.05) is 20.3 Å². The van der Waals surface area contributed by atoms with E-state index >= 15 is 0 Å². The number of carbonyl (C=O) groups excluding carboxylic acids is 1. The number of hydrogen-bond donors (Lipinski definition) is 2. The van der Waals surface area contributed by atoms with Gasteiger partial charge in [0.2, 0.25) is 0 Å². The highest BCUT2D eigenvalue weighted by Crippen LogP contribution is 2.29. The fraction of sp³-hybridized carbons (Fsp3) is 0.708. The van der Waals surface area contributed by atoms with Crippen molar-refractivity contribution in [3.8, 4) is 11.5 Å². The van der Waals surface area contributed by atoms with Gasteiger partial charge in [0.15, 0.2) is 11.5 Å². The fourth-order valence-corrected chi connectivity index (χ4v) is 2.28. The van der Waals surface area contributed by atoms with E-state index in [2.05, 4.69) is 13.8 Å². The van der Waals surface area contributed by atoms with Crippen LogP contribution in [-0.4, -0.2) is 102 Å². The van der Waals surface area contributed by atoms with Crippen LogP contribution in [0.25, 0.3) is 0 Å². The van der Waals surface area contributed by atoms with E-state index < -0.39 is 5.97 Å². The molecule has 10 nitrogen and oxygen atoms in total. The van der Waals surface area contributed by atoms with Gasteiger partial charge in [0.1, 0.15) is 13.2 Å². The fourth-order valence-electron chi connectivity index (χ4n) is 2.28. The average Bonchev–Trinajstić information content (AvgIpc) is 2.83. The molecule has 0 aromatic heterocycles. The third-order valence-electron chi connectivity index (χ3n) is 3.64. The van der Waals surface area contributed by atoms with E-state index in [1.165, 1.54) is 6.42 Å². The summed E-state index contributed by atoms with van der Waals surface area (Å²) in [6, 6.07) is 4.83. The van der Waals surface area contributed by atoms with Crippen molar-refractivity contribution in [1.82, 2.24) is 0 Å². The molecule has 1 rings (SSSR count). The Bertz CT molecular complexity index is 597. The molecule has 1 aromatic rings. The molecular formula is C24H42O10. The molecule has 2 N–H and O–H groups in total. The van der Waals surface area contributed by atoms with Crippen molar-refractivity contribution in [2.24, 2.45) is 0 Å². The molecule has 0 spiro atoms. The van der Waals surface area contributed by atoms with Gasteiger partial charge < -0.3 is 43.4 Å². The van der Waals surface area contributed by atoms with E-state index in [1.54, 1.807) is 25.1 Å². The molecule has 0 fully saturated rings. The highest BCUT2D eigenvalue weighted by Gasteiger charge is 2.13. The van der Waals surface area contributed by atoms with E-state index in [-0.39, 0.29) is 46.2 Å². The van der Waals surface area contributed by atoms with Gasteiger partial charge in [-0.3, -0.25) is 0 Å². The molecular weight excluding hydrogens is 448 g/mol. The predicted molar refractivity (Wildman–Crippen MR) is 127 cm³/mol. The first-order valence-electron chi connectivity index (χ1n) is 11.7. The van der Waals surface area contributed by atoms with Crippen molar-refractivity contribution in [3.05, 3.63) is 23.8 Å². The SMILES string of the molecule is CCC.CCOC(=O)c1ccc(OCCOCCOCCO)c(OCCOCCOCCO)c1. The van der Waals surface area contributed by atoms with E-state index in [4.69, 9.17) is 43.4 Å². The summed E-state index contributed by atoms with van der Waals surface area (Å²) in [6.45, 7) is 9.56. The first kappa shape index (κ1) is 32.0. The molecule has 0 atom stereocenters. The minimum atomic E-state index is -0.442. The number of rotatable bonds is 20. The molecule has 0 bridgehead atoms. The molecule has 0 unspecified atom stereocenters. The highest BCUT2D eigenvalue weighted by atomic mass is 16.6. The number of carbonyl (C=O) groups is 1. The highest BCUT2D eigenvalue weighted by molar-refractivity contribution is 5.90. The van der Waals surface area contributed by atoms with E-state index in [0.29, 0.717) is 56.7 Å². The number of aliphatic hydroxyl groups excluding tert-OH is 2. The van der Waals surface area contributed by atoms with Crippen LogP contribution in [0.15, 0.2) is 18.2 Å². The standard InChI is InChI=1S/C21H34O10.C3H8/c1-2-29-21(24)18-3-4-19(30-15-13-27-11-9-25-7-5-22)20(17-18)31-16-14-28-12-10-26-8-6-23;1-3-2/h3-4,17,22-23H,2,5-16H2,1H3;3H2,1-2H3. The molecule has 10 heteroatoms. The van der Waals surface area contributed by atoms with Crippen LogP contribution in [0.4, 0.5) is 0 Å². The first-order chi connectivity index (χ1) is 16.6. The van der Waals surface area contributed by atoms with Gasteiger partial charge in [0.05, 0.1) is 78.2 Å². The second-order valence-corrected chi connectivity index (χ2v) is 6.68. The van der Waals surface area contributed by atoms with Gasteiger partial charge in [-0.2, -0.15) is 0 Å². The van der Waals surface area contributed by atoms with Crippen molar-refractivity contribution in [2.75, 3.05) is 85.9 Å². The smallest absolute Gasteiger partial charge is 0.338 e. The Morgan fingerprint density at radius 1 is 0.676 bits per heavy atom. The van der Waals surface area contributed by atoms with Crippen LogP contribution in [0.2, 0.25) is 0 Å². The Morgan fingerprint density at radius 3 is 1.59 bits per heavy atom.